The maximum atomic E-state index is 12.5. The van der Waals surface area contributed by atoms with Gasteiger partial charge in [-0.15, -0.1) is 0 Å². The Balaban J connectivity index is 1.40. The van der Waals surface area contributed by atoms with Crippen LogP contribution in [0.25, 0.3) is 6.08 Å². The van der Waals surface area contributed by atoms with E-state index >= 15 is 0 Å². The van der Waals surface area contributed by atoms with Gasteiger partial charge in [0.05, 0.1) is 18.6 Å². The van der Waals surface area contributed by atoms with E-state index in [-0.39, 0.29) is 17.1 Å². The number of amides is 1. The zero-order valence-corrected chi connectivity index (χ0v) is 19.2. The van der Waals surface area contributed by atoms with Crippen LogP contribution in [0.5, 0.6) is 5.75 Å². The molecule has 170 valence electrons. The molecule has 2 aliphatic rings. The number of nitrogens with one attached hydrogen (secondary N) is 1. The average molecular weight is 455 g/mol. The maximum Gasteiger partial charge on any atom is 0.244 e. The lowest BCUT2D eigenvalue weighted by Gasteiger charge is -2.31. The first-order chi connectivity index (χ1) is 15.4. The SMILES string of the molecule is COc1ccccc1C1(CNC(=O)/C=C/c2ccc(N3CCCS3(=O)=O)cc2)CCCC1. The first kappa shape index (κ1) is 22.4. The summed E-state index contributed by atoms with van der Waals surface area (Å²) in [7, 11) is -1.50. The molecule has 6 nitrogen and oxygen atoms in total. The molecule has 0 radical (unpaired) electrons. The summed E-state index contributed by atoms with van der Waals surface area (Å²) in [5.74, 6) is 0.933. The van der Waals surface area contributed by atoms with Gasteiger partial charge in [-0.05, 0) is 49.1 Å². The highest BCUT2D eigenvalue weighted by atomic mass is 32.2. The molecular weight excluding hydrogens is 424 g/mol. The molecule has 1 saturated heterocycles. The van der Waals surface area contributed by atoms with Gasteiger partial charge in [0.2, 0.25) is 15.9 Å². The third-order valence-corrected chi connectivity index (χ3v) is 8.42. The Morgan fingerprint density at radius 3 is 2.47 bits per heavy atom. The number of carbonyl (C=O) groups is 1. The normalized spacial score (nSPS) is 19.3. The lowest BCUT2D eigenvalue weighted by atomic mass is 9.78. The Labute approximate surface area is 190 Å². The molecule has 2 aromatic rings. The third-order valence-electron chi connectivity index (χ3n) is 6.55. The smallest absolute Gasteiger partial charge is 0.244 e. The fraction of sp³-hybridized carbons (Fsp3) is 0.400. The van der Waals surface area contributed by atoms with E-state index in [1.165, 1.54) is 10.4 Å². The van der Waals surface area contributed by atoms with Crippen LogP contribution in [0.15, 0.2) is 54.6 Å². The summed E-state index contributed by atoms with van der Waals surface area (Å²) in [6.45, 7) is 1.09. The highest BCUT2D eigenvalue weighted by Gasteiger charge is 2.37. The largest absolute Gasteiger partial charge is 0.496 e. The molecule has 1 aliphatic heterocycles. The number of hydrogen-bond donors (Lipinski definition) is 1. The molecule has 1 amide bonds. The second-order valence-electron chi connectivity index (χ2n) is 8.57. The number of sulfonamides is 1. The number of methoxy groups -OCH3 is 1. The second-order valence-corrected chi connectivity index (χ2v) is 10.6. The number of hydrogen-bond acceptors (Lipinski definition) is 4. The number of nitrogens with zero attached hydrogens (tertiary/aromatic N) is 1. The molecule has 7 heteroatoms. The Hall–Kier alpha value is -2.80. The molecule has 1 saturated carbocycles. The van der Waals surface area contributed by atoms with Crippen molar-refractivity contribution >= 4 is 27.7 Å². The number of rotatable bonds is 7. The minimum Gasteiger partial charge on any atom is -0.496 e. The molecule has 0 atom stereocenters. The van der Waals surface area contributed by atoms with Crippen LogP contribution in [-0.4, -0.2) is 40.3 Å². The van der Waals surface area contributed by atoms with Gasteiger partial charge in [0.15, 0.2) is 0 Å². The minimum absolute atomic E-state index is 0.0982. The summed E-state index contributed by atoms with van der Waals surface area (Å²) in [6.07, 6.45) is 8.27. The lowest BCUT2D eigenvalue weighted by molar-refractivity contribution is -0.116. The molecule has 1 heterocycles. The molecule has 0 bridgehead atoms. The number of benzene rings is 2. The van der Waals surface area contributed by atoms with Crippen molar-refractivity contribution in [2.24, 2.45) is 0 Å². The molecule has 1 N–H and O–H groups in total. The van der Waals surface area contributed by atoms with Gasteiger partial charge in [-0.2, -0.15) is 0 Å². The highest BCUT2D eigenvalue weighted by Crippen LogP contribution is 2.44. The lowest BCUT2D eigenvalue weighted by Crippen LogP contribution is -2.38. The van der Waals surface area contributed by atoms with E-state index < -0.39 is 10.0 Å². The summed E-state index contributed by atoms with van der Waals surface area (Å²) >= 11 is 0. The van der Waals surface area contributed by atoms with Gasteiger partial charge in [-0.25, -0.2) is 8.42 Å². The zero-order valence-electron chi connectivity index (χ0n) is 18.4. The van der Waals surface area contributed by atoms with Crippen molar-refractivity contribution in [3.63, 3.8) is 0 Å². The van der Waals surface area contributed by atoms with Crippen LogP contribution in [0.3, 0.4) is 0 Å². The summed E-state index contributed by atoms with van der Waals surface area (Å²) in [5, 5.41) is 3.08. The van der Waals surface area contributed by atoms with E-state index in [1.54, 1.807) is 25.3 Å². The van der Waals surface area contributed by atoms with Gasteiger partial charge in [-0.3, -0.25) is 9.10 Å². The van der Waals surface area contributed by atoms with E-state index in [1.807, 2.05) is 30.3 Å². The third kappa shape index (κ3) is 4.67. The van der Waals surface area contributed by atoms with Crippen LogP contribution in [0.4, 0.5) is 5.69 Å². The molecule has 2 fully saturated rings. The molecule has 0 unspecified atom stereocenters. The predicted octanol–water partition coefficient (Wildman–Crippen LogP) is 3.88. The summed E-state index contributed by atoms with van der Waals surface area (Å²) in [4.78, 5) is 12.5. The molecule has 32 heavy (non-hydrogen) atoms. The Bertz CT molecular complexity index is 1090. The van der Waals surface area contributed by atoms with E-state index in [2.05, 4.69) is 11.4 Å². The van der Waals surface area contributed by atoms with Crippen LogP contribution in [-0.2, 0) is 20.2 Å². The van der Waals surface area contributed by atoms with Crippen LogP contribution < -0.4 is 14.4 Å². The van der Waals surface area contributed by atoms with E-state index in [0.29, 0.717) is 25.2 Å². The topological polar surface area (TPSA) is 75.7 Å². The quantitative estimate of drug-likeness (QED) is 0.645. The van der Waals surface area contributed by atoms with Gasteiger partial charge >= 0.3 is 0 Å². The van der Waals surface area contributed by atoms with Crippen molar-refractivity contribution in [2.45, 2.75) is 37.5 Å². The van der Waals surface area contributed by atoms with Gasteiger partial charge in [0.1, 0.15) is 5.75 Å². The van der Waals surface area contributed by atoms with Crippen molar-refractivity contribution < 1.29 is 17.9 Å². The molecule has 2 aromatic carbocycles. The predicted molar refractivity (Wildman–Crippen MR) is 127 cm³/mol. The maximum absolute atomic E-state index is 12.5. The summed E-state index contributed by atoms with van der Waals surface area (Å²) < 4.78 is 31.2. The molecule has 1 aliphatic carbocycles. The first-order valence-corrected chi connectivity index (χ1v) is 12.7. The molecular formula is C25H30N2O4S. The Morgan fingerprint density at radius 1 is 1.09 bits per heavy atom. The molecule has 0 aromatic heterocycles. The van der Waals surface area contributed by atoms with E-state index in [9.17, 15) is 13.2 Å². The second kappa shape index (κ2) is 9.36. The van der Waals surface area contributed by atoms with Crippen molar-refractivity contribution in [3.8, 4) is 5.75 Å². The van der Waals surface area contributed by atoms with Crippen molar-refractivity contribution in [1.82, 2.24) is 5.32 Å². The van der Waals surface area contributed by atoms with Crippen molar-refractivity contribution in [3.05, 3.63) is 65.7 Å². The van der Waals surface area contributed by atoms with Crippen LogP contribution in [0.2, 0.25) is 0 Å². The number of para-hydroxylation sites is 1. The van der Waals surface area contributed by atoms with Gasteiger partial charge < -0.3 is 10.1 Å². The van der Waals surface area contributed by atoms with Crippen LogP contribution in [0.1, 0.15) is 43.2 Å². The van der Waals surface area contributed by atoms with Gasteiger partial charge in [0, 0.05) is 30.1 Å². The summed E-state index contributed by atoms with van der Waals surface area (Å²) in [5.41, 5.74) is 2.58. The monoisotopic (exact) mass is 454 g/mol. The van der Waals surface area contributed by atoms with Gasteiger partial charge in [-0.1, -0.05) is 43.2 Å². The fourth-order valence-electron chi connectivity index (χ4n) is 4.84. The molecule has 4 rings (SSSR count). The number of carbonyl (C=O) groups excluding carboxylic acids is 1. The van der Waals surface area contributed by atoms with Crippen LogP contribution in [0, 0.1) is 0 Å². The fourth-order valence-corrected chi connectivity index (χ4v) is 6.41. The first-order valence-electron chi connectivity index (χ1n) is 11.1. The van der Waals surface area contributed by atoms with Gasteiger partial charge in [0.25, 0.3) is 0 Å². The highest BCUT2D eigenvalue weighted by molar-refractivity contribution is 7.93. The summed E-state index contributed by atoms with van der Waals surface area (Å²) in [6, 6.07) is 15.3. The Kier molecular flexibility index (Phi) is 6.55. The van der Waals surface area contributed by atoms with Crippen molar-refractivity contribution in [2.75, 3.05) is 30.3 Å². The van der Waals surface area contributed by atoms with E-state index in [4.69, 9.17) is 4.74 Å². The molecule has 0 spiro atoms. The Morgan fingerprint density at radius 2 is 1.81 bits per heavy atom. The number of anilines is 1. The average Bonchev–Trinajstić information content (AvgIpc) is 3.43. The van der Waals surface area contributed by atoms with E-state index in [0.717, 1.165) is 42.6 Å². The number of ether oxygens (including phenoxy) is 1. The standard InChI is InChI=1S/C25H30N2O4S/c1-31-23-8-3-2-7-22(23)25(15-4-5-16-25)19-26-24(28)14-11-20-9-12-21(13-10-20)27-17-6-18-32(27,29)30/h2-3,7-14H,4-6,15-19H2,1H3,(H,26,28)/b14-11+. The zero-order chi connectivity index (χ0) is 22.6. The minimum atomic E-state index is -3.19. The van der Waals surface area contributed by atoms with Crippen LogP contribution >= 0.6 is 0 Å². The van der Waals surface area contributed by atoms with Crippen molar-refractivity contribution in [1.29, 1.82) is 0 Å².